The summed E-state index contributed by atoms with van der Waals surface area (Å²) in [7, 11) is 0. The second-order valence-corrected chi connectivity index (χ2v) is 2.93. The topological polar surface area (TPSA) is 52.6 Å². The van der Waals surface area contributed by atoms with Crippen LogP contribution in [0, 0.1) is 0 Å². The van der Waals surface area contributed by atoms with Crippen LogP contribution in [0.3, 0.4) is 0 Å². The lowest BCUT2D eigenvalue weighted by molar-refractivity contribution is -0.165. The van der Waals surface area contributed by atoms with E-state index in [4.69, 9.17) is 0 Å². The number of carbonyl (C=O) groups is 1. The number of nitrogens with zero attached hydrogens (tertiary/aromatic N) is 1. The minimum absolute atomic E-state index is 0.191. The van der Waals surface area contributed by atoms with Crippen LogP contribution in [0.1, 0.15) is 11.7 Å². The van der Waals surface area contributed by atoms with Crippen LogP contribution in [0.2, 0.25) is 0 Å². The van der Waals surface area contributed by atoms with Gasteiger partial charge in [-0.2, -0.15) is 0 Å². The van der Waals surface area contributed by atoms with Gasteiger partial charge in [0.15, 0.2) is 0 Å². The first-order valence-electron chi connectivity index (χ1n) is 4.08. The predicted molar refractivity (Wildman–Crippen MR) is 45.8 cm³/mol. The van der Waals surface area contributed by atoms with Crippen LogP contribution in [0.15, 0.2) is 30.3 Å². The highest BCUT2D eigenvalue weighted by molar-refractivity contribution is 5.79. The Morgan fingerprint density at radius 2 is 2.08 bits per heavy atom. The Morgan fingerprint density at radius 3 is 2.62 bits per heavy atom. The third-order valence-electron chi connectivity index (χ3n) is 2.06. The SMILES string of the molecule is O=C1CNC(c2ccccc2)N1O. The average Bonchev–Trinajstić information content (AvgIpc) is 2.49. The third kappa shape index (κ3) is 1.41. The fourth-order valence-corrected chi connectivity index (χ4v) is 1.39. The maximum absolute atomic E-state index is 11.0. The highest BCUT2D eigenvalue weighted by Gasteiger charge is 2.29. The summed E-state index contributed by atoms with van der Waals surface area (Å²) in [6.45, 7) is 0.191. The van der Waals surface area contributed by atoms with Gasteiger partial charge in [-0.25, -0.2) is 5.06 Å². The van der Waals surface area contributed by atoms with Crippen LogP contribution in [-0.4, -0.2) is 22.7 Å². The van der Waals surface area contributed by atoms with Gasteiger partial charge in [-0.1, -0.05) is 30.3 Å². The lowest BCUT2D eigenvalue weighted by atomic mass is 10.2. The second kappa shape index (κ2) is 3.16. The first kappa shape index (κ1) is 8.22. The van der Waals surface area contributed by atoms with Gasteiger partial charge in [-0.3, -0.25) is 15.3 Å². The molecule has 1 unspecified atom stereocenters. The molecule has 1 atom stereocenters. The predicted octanol–water partition coefficient (Wildman–Crippen LogP) is 0.506. The van der Waals surface area contributed by atoms with Crippen molar-refractivity contribution in [2.24, 2.45) is 0 Å². The van der Waals surface area contributed by atoms with Crippen molar-refractivity contribution >= 4 is 5.91 Å². The molecule has 2 rings (SSSR count). The fraction of sp³-hybridized carbons (Fsp3) is 0.222. The standard InChI is InChI=1S/C9H10N2O2/c12-8-6-10-9(11(8)13)7-4-2-1-3-5-7/h1-5,9-10,13H,6H2. The molecule has 0 radical (unpaired) electrons. The van der Waals surface area contributed by atoms with Gasteiger partial charge in [0.1, 0.15) is 6.17 Å². The normalized spacial score (nSPS) is 22.4. The van der Waals surface area contributed by atoms with E-state index in [9.17, 15) is 10.0 Å². The number of carbonyl (C=O) groups excluding carboxylic acids is 1. The van der Waals surface area contributed by atoms with Crippen LogP contribution in [0.4, 0.5) is 0 Å². The number of hydrogen-bond acceptors (Lipinski definition) is 3. The van der Waals surface area contributed by atoms with Gasteiger partial charge in [0.2, 0.25) is 0 Å². The summed E-state index contributed by atoms with van der Waals surface area (Å²) < 4.78 is 0. The van der Waals surface area contributed by atoms with E-state index in [1.807, 2.05) is 30.3 Å². The van der Waals surface area contributed by atoms with Crippen molar-refractivity contribution in [2.45, 2.75) is 6.17 Å². The molecule has 1 saturated heterocycles. The van der Waals surface area contributed by atoms with Crippen LogP contribution < -0.4 is 5.32 Å². The largest absolute Gasteiger partial charge is 0.284 e. The molecule has 1 fully saturated rings. The number of amides is 1. The summed E-state index contributed by atoms with van der Waals surface area (Å²) in [5.74, 6) is -0.297. The molecular formula is C9H10N2O2. The molecule has 2 N–H and O–H groups in total. The Bertz CT molecular complexity index is 313. The van der Waals surface area contributed by atoms with Crippen molar-refractivity contribution in [3.8, 4) is 0 Å². The molecule has 0 aromatic heterocycles. The first-order chi connectivity index (χ1) is 6.29. The van der Waals surface area contributed by atoms with E-state index in [0.717, 1.165) is 10.6 Å². The van der Waals surface area contributed by atoms with E-state index >= 15 is 0 Å². The Morgan fingerprint density at radius 1 is 1.38 bits per heavy atom. The van der Waals surface area contributed by atoms with Crippen LogP contribution in [-0.2, 0) is 4.79 Å². The molecule has 1 heterocycles. The van der Waals surface area contributed by atoms with Crippen molar-refractivity contribution in [1.82, 2.24) is 10.4 Å². The summed E-state index contributed by atoms with van der Waals surface area (Å²) in [4.78, 5) is 11.0. The summed E-state index contributed by atoms with van der Waals surface area (Å²) in [6, 6.07) is 9.35. The highest BCUT2D eigenvalue weighted by atomic mass is 16.5. The molecule has 0 bridgehead atoms. The molecule has 4 heteroatoms. The molecule has 1 aliphatic heterocycles. The van der Waals surface area contributed by atoms with E-state index < -0.39 is 6.17 Å². The zero-order valence-corrected chi connectivity index (χ0v) is 6.97. The van der Waals surface area contributed by atoms with Crippen LogP contribution in [0.25, 0.3) is 0 Å². The van der Waals surface area contributed by atoms with Crippen molar-refractivity contribution in [1.29, 1.82) is 0 Å². The number of hydroxylamine groups is 2. The Kier molecular flexibility index (Phi) is 2.00. The number of rotatable bonds is 1. The summed E-state index contributed by atoms with van der Waals surface area (Å²) in [5, 5.41) is 13.0. The van der Waals surface area contributed by atoms with E-state index in [2.05, 4.69) is 5.32 Å². The quantitative estimate of drug-likeness (QED) is 0.616. The van der Waals surface area contributed by atoms with Gasteiger partial charge in [-0.05, 0) is 5.56 Å². The molecule has 1 aromatic carbocycles. The van der Waals surface area contributed by atoms with Crippen LogP contribution >= 0.6 is 0 Å². The zero-order valence-electron chi connectivity index (χ0n) is 6.97. The van der Waals surface area contributed by atoms with Crippen molar-refractivity contribution in [3.63, 3.8) is 0 Å². The molecular weight excluding hydrogens is 168 g/mol. The zero-order chi connectivity index (χ0) is 9.26. The van der Waals surface area contributed by atoms with Gasteiger partial charge in [0.25, 0.3) is 5.91 Å². The third-order valence-corrected chi connectivity index (χ3v) is 2.06. The maximum Gasteiger partial charge on any atom is 0.261 e. The molecule has 68 valence electrons. The molecule has 1 aromatic rings. The van der Waals surface area contributed by atoms with Gasteiger partial charge in [0, 0.05) is 0 Å². The number of hydrogen-bond donors (Lipinski definition) is 2. The van der Waals surface area contributed by atoms with Gasteiger partial charge in [-0.15, -0.1) is 0 Å². The molecule has 4 nitrogen and oxygen atoms in total. The Labute approximate surface area is 75.7 Å². The van der Waals surface area contributed by atoms with E-state index in [1.165, 1.54) is 0 Å². The van der Waals surface area contributed by atoms with Crippen molar-refractivity contribution in [2.75, 3.05) is 6.54 Å². The molecule has 1 aliphatic rings. The van der Waals surface area contributed by atoms with Crippen LogP contribution in [0.5, 0.6) is 0 Å². The second-order valence-electron chi connectivity index (χ2n) is 2.93. The first-order valence-corrected chi connectivity index (χ1v) is 4.08. The monoisotopic (exact) mass is 178 g/mol. The fourth-order valence-electron chi connectivity index (χ4n) is 1.39. The lowest BCUT2D eigenvalue weighted by Gasteiger charge is -2.17. The van der Waals surface area contributed by atoms with Gasteiger partial charge < -0.3 is 0 Å². The average molecular weight is 178 g/mol. The van der Waals surface area contributed by atoms with Crippen molar-refractivity contribution in [3.05, 3.63) is 35.9 Å². The lowest BCUT2D eigenvalue weighted by Crippen LogP contribution is -2.26. The Balaban J connectivity index is 2.24. The van der Waals surface area contributed by atoms with E-state index in [1.54, 1.807) is 0 Å². The number of benzene rings is 1. The van der Waals surface area contributed by atoms with E-state index in [-0.39, 0.29) is 12.5 Å². The summed E-state index contributed by atoms with van der Waals surface area (Å²) in [5.41, 5.74) is 0.885. The van der Waals surface area contributed by atoms with E-state index in [0.29, 0.717) is 0 Å². The molecule has 13 heavy (non-hydrogen) atoms. The molecule has 1 amide bonds. The molecule has 0 aliphatic carbocycles. The summed E-state index contributed by atoms with van der Waals surface area (Å²) in [6.07, 6.45) is -0.395. The minimum Gasteiger partial charge on any atom is -0.284 e. The van der Waals surface area contributed by atoms with Crippen molar-refractivity contribution < 1.29 is 10.0 Å². The van der Waals surface area contributed by atoms with Gasteiger partial charge >= 0.3 is 0 Å². The maximum atomic E-state index is 11.0. The number of nitrogens with one attached hydrogen (secondary N) is 1. The molecule has 0 spiro atoms. The van der Waals surface area contributed by atoms with Gasteiger partial charge in [0.05, 0.1) is 6.54 Å². The molecule has 0 saturated carbocycles. The highest BCUT2D eigenvalue weighted by Crippen LogP contribution is 2.19. The smallest absolute Gasteiger partial charge is 0.261 e. The Hall–Kier alpha value is -1.39. The minimum atomic E-state index is -0.395. The summed E-state index contributed by atoms with van der Waals surface area (Å²) >= 11 is 0.